The van der Waals surface area contributed by atoms with E-state index in [9.17, 15) is 0 Å². The summed E-state index contributed by atoms with van der Waals surface area (Å²) in [5.74, 6) is 0. The third-order valence-corrected chi connectivity index (χ3v) is 3.58. The van der Waals surface area contributed by atoms with Crippen molar-refractivity contribution in [2.45, 2.75) is 25.7 Å². The highest BCUT2D eigenvalue weighted by molar-refractivity contribution is 5.26. The Morgan fingerprint density at radius 1 is 1.53 bits per heavy atom. The van der Waals surface area contributed by atoms with Crippen molar-refractivity contribution in [2.24, 2.45) is 5.73 Å². The fourth-order valence-electron chi connectivity index (χ4n) is 2.68. The topological polar surface area (TPSA) is 47.7 Å². The Labute approximate surface area is 115 Å². The number of hydrogen-bond acceptors (Lipinski definition) is 4. The quantitative estimate of drug-likeness (QED) is 0.876. The Morgan fingerprint density at radius 2 is 2.37 bits per heavy atom. The number of rotatable bonds is 5. The lowest BCUT2D eigenvalue weighted by atomic mass is 10.0. The maximum absolute atomic E-state index is 5.99. The van der Waals surface area contributed by atoms with Crippen LogP contribution >= 0.6 is 0 Å². The predicted octanol–water partition coefficient (Wildman–Crippen LogP) is 1.55. The van der Waals surface area contributed by atoms with Gasteiger partial charge in [0.25, 0.3) is 0 Å². The van der Waals surface area contributed by atoms with Gasteiger partial charge in [-0.2, -0.15) is 0 Å². The molecule has 1 aliphatic heterocycles. The summed E-state index contributed by atoms with van der Waals surface area (Å²) in [4.78, 5) is 2.42. The minimum absolute atomic E-state index is 0.267. The Kier molecular flexibility index (Phi) is 5.34. The van der Waals surface area contributed by atoms with Gasteiger partial charge in [-0.05, 0) is 18.1 Å². The minimum atomic E-state index is 0.267. The zero-order chi connectivity index (χ0) is 13.7. The van der Waals surface area contributed by atoms with Crippen molar-refractivity contribution in [1.82, 2.24) is 4.90 Å². The molecule has 2 rings (SSSR count). The van der Waals surface area contributed by atoms with Gasteiger partial charge in [-0.15, -0.1) is 0 Å². The number of methoxy groups -OCH3 is 1. The van der Waals surface area contributed by atoms with Crippen LogP contribution < -0.4 is 5.73 Å². The first kappa shape index (κ1) is 14.5. The van der Waals surface area contributed by atoms with Crippen LogP contribution in [0.5, 0.6) is 0 Å². The average molecular weight is 264 g/mol. The first-order valence-corrected chi connectivity index (χ1v) is 6.88. The lowest BCUT2D eigenvalue weighted by molar-refractivity contribution is -0.0333. The van der Waals surface area contributed by atoms with E-state index in [-0.39, 0.29) is 12.1 Å². The van der Waals surface area contributed by atoms with Crippen LogP contribution in [0.3, 0.4) is 0 Å². The van der Waals surface area contributed by atoms with Gasteiger partial charge in [-0.25, -0.2) is 0 Å². The lowest BCUT2D eigenvalue weighted by Crippen LogP contribution is -2.45. The first-order chi connectivity index (χ1) is 9.24. The highest BCUT2D eigenvalue weighted by Gasteiger charge is 2.24. The first-order valence-electron chi connectivity index (χ1n) is 6.88. The zero-order valence-corrected chi connectivity index (χ0v) is 11.8. The molecular formula is C15H24N2O2. The highest BCUT2D eigenvalue weighted by atomic mass is 16.5. The van der Waals surface area contributed by atoms with E-state index in [4.69, 9.17) is 15.2 Å². The number of morpholine rings is 1. The van der Waals surface area contributed by atoms with Crippen molar-refractivity contribution in [3.8, 4) is 0 Å². The molecular weight excluding hydrogens is 240 g/mol. The second-order valence-electron chi connectivity index (χ2n) is 5.11. The van der Waals surface area contributed by atoms with Crippen LogP contribution in [0, 0.1) is 0 Å². The van der Waals surface area contributed by atoms with Crippen molar-refractivity contribution in [2.75, 3.05) is 33.4 Å². The number of benzene rings is 1. The van der Waals surface area contributed by atoms with E-state index >= 15 is 0 Å². The lowest BCUT2D eigenvalue weighted by Gasteiger charge is -2.37. The van der Waals surface area contributed by atoms with Crippen LogP contribution in [-0.4, -0.2) is 44.4 Å². The molecule has 2 atom stereocenters. The van der Waals surface area contributed by atoms with Gasteiger partial charge < -0.3 is 15.2 Å². The monoisotopic (exact) mass is 264 g/mol. The van der Waals surface area contributed by atoms with Crippen LogP contribution in [0.25, 0.3) is 0 Å². The molecule has 2 N–H and O–H groups in total. The summed E-state index contributed by atoms with van der Waals surface area (Å²) in [5, 5.41) is 0. The van der Waals surface area contributed by atoms with Crippen molar-refractivity contribution in [3.63, 3.8) is 0 Å². The van der Waals surface area contributed by atoms with Crippen LogP contribution in [-0.2, 0) is 16.1 Å². The average Bonchev–Trinajstić information content (AvgIpc) is 2.41. The van der Waals surface area contributed by atoms with Gasteiger partial charge in [0.2, 0.25) is 0 Å². The molecule has 4 heteroatoms. The largest absolute Gasteiger partial charge is 0.380 e. The molecule has 1 aromatic rings. The van der Waals surface area contributed by atoms with Gasteiger partial charge in [0.05, 0.1) is 19.3 Å². The normalized spacial score (nSPS) is 22.4. The van der Waals surface area contributed by atoms with E-state index in [1.807, 2.05) is 0 Å². The third-order valence-electron chi connectivity index (χ3n) is 3.58. The van der Waals surface area contributed by atoms with Gasteiger partial charge in [-0.1, -0.05) is 24.3 Å². The molecule has 0 aromatic heterocycles. The molecule has 0 saturated carbocycles. The maximum atomic E-state index is 5.99. The molecule has 1 fully saturated rings. The van der Waals surface area contributed by atoms with Gasteiger partial charge in [0.1, 0.15) is 0 Å². The Balaban J connectivity index is 2.13. The number of nitrogens with two attached hydrogens (primary N) is 1. The van der Waals surface area contributed by atoms with Gasteiger partial charge in [-0.3, -0.25) is 4.90 Å². The molecule has 1 saturated heterocycles. The van der Waals surface area contributed by atoms with Gasteiger partial charge in [0.15, 0.2) is 0 Å². The van der Waals surface area contributed by atoms with Crippen LogP contribution in [0.1, 0.15) is 24.1 Å². The predicted molar refractivity (Wildman–Crippen MR) is 75.9 cm³/mol. The van der Waals surface area contributed by atoms with E-state index < -0.39 is 0 Å². The van der Waals surface area contributed by atoms with Crippen LogP contribution in [0.15, 0.2) is 24.3 Å². The highest BCUT2D eigenvalue weighted by Crippen LogP contribution is 2.23. The van der Waals surface area contributed by atoms with Gasteiger partial charge in [0, 0.05) is 32.8 Å². The van der Waals surface area contributed by atoms with Crippen molar-refractivity contribution in [1.29, 1.82) is 0 Å². The minimum Gasteiger partial charge on any atom is -0.380 e. The van der Waals surface area contributed by atoms with E-state index in [0.717, 1.165) is 19.7 Å². The van der Waals surface area contributed by atoms with Crippen molar-refractivity contribution >= 4 is 0 Å². The van der Waals surface area contributed by atoms with Crippen LogP contribution in [0.4, 0.5) is 0 Å². The van der Waals surface area contributed by atoms with Crippen molar-refractivity contribution in [3.05, 3.63) is 35.4 Å². The molecule has 0 aliphatic carbocycles. The molecule has 4 nitrogen and oxygen atoms in total. The zero-order valence-electron chi connectivity index (χ0n) is 11.8. The maximum Gasteiger partial charge on any atom is 0.0713 e. The number of ether oxygens (including phenoxy) is 2. The molecule has 2 unspecified atom stereocenters. The number of nitrogens with zero attached hydrogens (tertiary/aromatic N) is 1. The fraction of sp³-hybridized carbons (Fsp3) is 0.600. The molecule has 0 radical (unpaired) electrons. The second-order valence-corrected chi connectivity index (χ2v) is 5.11. The molecule has 0 spiro atoms. The van der Waals surface area contributed by atoms with E-state index in [1.165, 1.54) is 11.1 Å². The van der Waals surface area contributed by atoms with Crippen molar-refractivity contribution < 1.29 is 9.47 Å². The summed E-state index contributed by atoms with van der Waals surface area (Å²) < 4.78 is 10.8. The molecule has 106 valence electrons. The molecule has 0 amide bonds. The SMILES string of the molecule is COCc1cccc(C(CN)N2CCOC(C)C2)c1. The summed E-state index contributed by atoms with van der Waals surface area (Å²) in [6, 6.07) is 8.78. The Morgan fingerprint density at radius 3 is 3.05 bits per heavy atom. The van der Waals surface area contributed by atoms with E-state index in [1.54, 1.807) is 7.11 Å². The second kappa shape index (κ2) is 7.01. The summed E-state index contributed by atoms with van der Waals surface area (Å²) in [6.45, 7) is 6.06. The summed E-state index contributed by atoms with van der Waals surface area (Å²) >= 11 is 0. The van der Waals surface area contributed by atoms with E-state index in [2.05, 4.69) is 36.1 Å². The Hall–Kier alpha value is -0.940. The molecule has 1 aliphatic rings. The van der Waals surface area contributed by atoms with Gasteiger partial charge >= 0.3 is 0 Å². The summed E-state index contributed by atoms with van der Waals surface area (Å²) in [5.41, 5.74) is 8.46. The molecule has 0 bridgehead atoms. The smallest absolute Gasteiger partial charge is 0.0713 e. The summed E-state index contributed by atoms with van der Waals surface area (Å²) in [7, 11) is 1.72. The Bertz CT molecular complexity index is 397. The molecule has 19 heavy (non-hydrogen) atoms. The molecule has 1 heterocycles. The fourth-order valence-corrected chi connectivity index (χ4v) is 2.68. The van der Waals surface area contributed by atoms with Crippen LogP contribution in [0.2, 0.25) is 0 Å². The number of hydrogen-bond donors (Lipinski definition) is 1. The third kappa shape index (κ3) is 3.76. The standard InChI is InChI=1S/C15H24N2O2/c1-12-10-17(6-7-19-12)15(9-16)14-5-3-4-13(8-14)11-18-2/h3-5,8,12,15H,6-7,9-11,16H2,1-2H3. The summed E-state index contributed by atoms with van der Waals surface area (Å²) in [6.07, 6.45) is 0.282. The van der Waals surface area contributed by atoms with E-state index in [0.29, 0.717) is 13.2 Å². The molecule has 1 aromatic carbocycles.